The van der Waals surface area contributed by atoms with Gasteiger partial charge >= 0.3 is 6.03 Å². The minimum Gasteiger partial charge on any atom is -0.343 e. The number of rotatable bonds is 5. The highest BCUT2D eigenvalue weighted by Crippen LogP contribution is 2.23. The van der Waals surface area contributed by atoms with Gasteiger partial charge in [-0.15, -0.1) is 10.2 Å². The van der Waals surface area contributed by atoms with Crippen molar-refractivity contribution < 1.29 is 14.4 Å². The highest BCUT2D eigenvalue weighted by Gasteiger charge is 2.33. The third kappa shape index (κ3) is 3.94. The summed E-state index contributed by atoms with van der Waals surface area (Å²) in [7, 11) is 1.97. The van der Waals surface area contributed by atoms with Crippen LogP contribution in [0.2, 0.25) is 0 Å². The molecule has 2 fully saturated rings. The number of aromatic nitrogens is 3. The molecule has 0 radical (unpaired) electrons. The number of amides is 4. The fraction of sp³-hybridized carbons (Fsp3) is 0.667. The second-order valence-electron chi connectivity index (χ2n) is 6.41. The van der Waals surface area contributed by atoms with Gasteiger partial charge in [0.15, 0.2) is 5.16 Å². The summed E-state index contributed by atoms with van der Waals surface area (Å²) < 4.78 is 2.02. The number of hydrogen-bond donors (Lipinski definition) is 2. The Balaban J connectivity index is 1.48. The molecule has 0 bridgehead atoms. The number of imide groups is 1. The molecule has 1 aromatic rings. The number of nitrogens with zero attached hydrogens (tertiary/aromatic N) is 4. The minimum atomic E-state index is -0.749. The first-order chi connectivity index (χ1) is 12.0. The molecule has 25 heavy (non-hydrogen) atoms. The second-order valence-corrected chi connectivity index (χ2v) is 7.18. The molecule has 0 saturated carbocycles. The maximum absolute atomic E-state index is 12.3. The Labute approximate surface area is 149 Å². The van der Waals surface area contributed by atoms with Crippen LogP contribution in [0.1, 0.15) is 25.1 Å². The largest absolute Gasteiger partial charge is 0.343 e. The van der Waals surface area contributed by atoms with Crippen molar-refractivity contribution in [1.82, 2.24) is 30.3 Å². The van der Waals surface area contributed by atoms with Crippen molar-refractivity contribution in [2.75, 3.05) is 19.3 Å². The van der Waals surface area contributed by atoms with E-state index >= 15 is 0 Å². The van der Waals surface area contributed by atoms with Crippen LogP contribution in [0.5, 0.6) is 0 Å². The summed E-state index contributed by atoms with van der Waals surface area (Å²) in [6, 6.07) is -1.28. The van der Waals surface area contributed by atoms with Crippen molar-refractivity contribution in [2.45, 2.75) is 36.9 Å². The Bertz CT molecular complexity index is 683. The van der Waals surface area contributed by atoms with E-state index in [1.807, 2.05) is 17.9 Å². The minimum absolute atomic E-state index is 0.0165. The number of carbonyl (C=O) groups excluding carboxylic acids is 3. The Hall–Kier alpha value is -2.10. The maximum atomic E-state index is 12.3. The molecular weight excluding hydrogens is 344 g/mol. The van der Waals surface area contributed by atoms with Crippen molar-refractivity contribution in [3.63, 3.8) is 0 Å². The number of thioether (sulfide) groups is 1. The summed E-state index contributed by atoms with van der Waals surface area (Å²) >= 11 is 1.57. The smallest absolute Gasteiger partial charge is 0.322 e. The van der Waals surface area contributed by atoms with E-state index in [1.54, 1.807) is 16.7 Å². The van der Waals surface area contributed by atoms with Crippen LogP contribution in [0.15, 0.2) is 5.16 Å². The van der Waals surface area contributed by atoms with Gasteiger partial charge in [-0.3, -0.25) is 14.9 Å². The fourth-order valence-electron chi connectivity index (χ4n) is 3.25. The number of hydrogen-bond acceptors (Lipinski definition) is 6. The van der Waals surface area contributed by atoms with Gasteiger partial charge in [0.25, 0.3) is 5.91 Å². The molecule has 1 aromatic heterocycles. The van der Waals surface area contributed by atoms with Gasteiger partial charge in [0.1, 0.15) is 11.9 Å². The number of carbonyl (C=O) groups is 3. The van der Waals surface area contributed by atoms with Crippen molar-refractivity contribution >= 4 is 29.6 Å². The molecule has 136 valence electrons. The predicted octanol–water partition coefficient (Wildman–Crippen LogP) is -0.0838. The van der Waals surface area contributed by atoms with Gasteiger partial charge in [-0.2, -0.15) is 0 Å². The van der Waals surface area contributed by atoms with Crippen molar-refractivity contribution in [2.24, 2.45) is 13.0 Å². The molecule has 2 saturated heterocycles. The second kappa shape index (κ2) is 7.42. The Kier molecular flexibility index (Phi) is 5.26. The van der Waals surface area contributed by atoms with Crippen LogP contribution >= 0.6 is 11.8 Å². The molecule has 3 heterocycles. The standard InChI is InChI=1S/C15H22N6O3S/c1-20-11(18-19-15(20)25-2)7-9-3-5-21(6-4-9)12(22)8-10-13(23)17-14(24)16-10/h9-10H,3-8H2,1-2H3,(H2,16,17,23,24). The zero-order valence-corrected chi connectivity index (χ0v) is 15.1. The molecule has 2 aliphatic heterocycles. The van der Waals surface area contributed by atoms with Crippen molar-refractivity contribution in [3.05, 3.63) is 5.82 Å². The zero-order chi connectivity index (χ0) is 18.0. The molecule has 4 amide bonds. The summed E-state index contributed by atoms with van der Waals surface area (Å²) in [6.07, 6.45) is 4.65. The van der Waals surface area contributed by atoms with Crippen LogP contribution in [0, 0.1) is 5.92 Å². The lowest BCUT2D eigenvalue weighted by atomic mass is 9.93. The van der Waals surface area contributed by atoms with Gasteiger partial charge < -0.3 is 14.8 Å². The Morgan fingerprint density at radius 1 is 1.28 bits per heavy atom. The van der Waals surface area contributed by atoms with E-state index in [-0.39, 0.29) is 12.3 Å². The fourth-order valence-corrected chi connectivity index (χ4v) is 3.75. The van der Waals surface area contributed by atoms with Gasteiger partial charge in [0, 0.05) is 26.6 Å². The topological polar surface area (TPSA) is 109 Å². The predicted molar refractivity (Wildman–Crippen MR) is 90.9 cm³/mol. The third-order valence-corrected chi connectivity index (χ3v) is 5.50. The Morgan fingerprint density at radius 2 is 2.00 bits per heavy atom. The summed E-state index contributed by atoms with van der Waals surface area (Å²) in [6.45, 7) is 1.33. The molecule has 1 unspecified atom stereocenters. The lowest BCUT2D eigenvalue weighted by Gasteiger charge is -2.32. The van der Waals surface area contributed by atoms with Crippen molar-refractivity contribution in [3.8, 4) is 0 Å². The summed E-state index contributed by atoms with van der Waals surface area (Å²) in [5.74, 6) is 0.917. The van der Waals surface area contributed by atoms with E-state index < -0.39 is 18.0 Å². The number of urea groups is 1. The van der Waals surface area contributed by atoms with Crippen LogP contribution in [-0.4, -0.2) is 62.9 Å². The highest BCUT2D eigenvalue weighted by atomic mass is 32.2. The summed E-state index contributed by atoms with van der Waals surface area (Å²) in [4.78, 5) is 36.8. The molecular formula is C15H22N6O3S. The summed E-state index contributed by atoms with van der Waals surface area (Å²) in [5.41, 5.74) is 0. The van der Waals surface area contributed by atoms with Crippen molar-refractivity contribution in [1.29, 1.82) is 0 Å². The van der Waals surface area contributed by atoms with E-state index in [2.05, 4.69) is 20.8 Å². The lowest BCUT2D eigenvalue weighted by molar-refractivity contribution is -0.135. The highest BCUT2D eigenvalue weighted by molar-refractivity contribution is 7.98. The Morgan fingerprint density at radius 3 is 2.56 bits per heavy atom. The molecule has 0 aromatic carbocycles. The van der Waals surface area contributed by atoms with Gasteiger partial charge in [0.05, 0.1) is 6.42 Å². The lowest BCUT2D eigenvalue weighted by Crippen LogP contribution is -2.43. The van der Waals surface area contributed by atoms with E-state index in [1.165, 1.54) is 0 Å². The number of nitrogens with one attached hydrogen (secondary N) is 2. The van der Waals surface area contributed by atoms with Gasteiger partial charge in [-0.1, -0.05) is 11.8 Å². The van der Waals surface area contributed by atoms with Gasteiger partial charge in [0.2, 0.25) is 5.91 Å². The van der Waals surface area contributed by atoms with Crippen LogP contribution in [0.3, 0.4) is 0 Å². The molecule has 0 aliphatic carbocycles. The first kappa shape index (κ1) is 17.7. The number of piperidine rings is 1. The SMILES string of the molecule is CSc1nnc(CC2CCN(C(=O)CC3NC(=O)NC3=O)CC2)n1C. The molecule has 2 N–H and O–H groups in total. The zero-order valence-electron chi connectivity index (χ0n) is 14.3. The first-order valence-electron chi connectivity index (χ1n) is 8.29. The average molecular weight is 366 g/mol. The molecule has 10 heteroatoms. The maximum Gasteiger partial charge on any atom is 0.322 e. The van der Waals surface area contributed by atoms with Crippen LogP contribution in [-0.2, 0) is 23.1 Å². The first-order valence-corrected chi connectivity index (χ1v) is 9.51. The molecule has 3 rings (SSSR count). The molecule has 0 spiro atoms. The van der Waals surface area contributed by atoms with E-state index in [0.29, 0.717) is 19.0 Å². The average Bonchev–Trinajstić information content (AvgIpc) is 3.10. The monoisotopic (exact) mass is 366 g/mol. The molecule has 2 aliphatic rings. The quantitative estimate of drug-likeness (QED) is 0.557. The molecule has 9 nitrogen and oxygen atoms in total. The summed E-state index contributed by atoms with van der Waals surface area (Å²) in [5, 5.41) is 13.9. The van der Waals surface area contributed by atoms with Gasteiger partial charge in [-0.25, -0.2) is 4.79 Å². The van der Waals surface area contributed by atoms with Crippen LogP contribution in [0.25, 0.3) is 0 Å². The van der Waals surface area contributed by atoms with Gasteiger partial charge in [-0.05, 0) is 25.0 Å². The normalized spacial score (nSPS) is 21.4. The van der Waals surface area contributed by atoms with E-state index in [4.69, 9.17) is 0 Å². The van der Waals surface area contributed by atoms with Crippen LogP contribution in [0.4, 0.5) is 4.79 Å². The van der Waals surface area contributed by atoms with E-state index in [9.17, 15) is 14.4 Å². The number of likely N-dealkylation sites (tertiary alicyclic amines) is 1. The van der Waals surface area contributed by atoms with E-state index in [0.717, 1.165) is 30.2 Å². The molecule has 1 atom stereocenters. The third-order valence-electron chi connectivity index (χ3n) is 4.78. The van der Waals surface area contributed by atoms with Crippen LogP contribution < -0.4 is 10.6 Å².